The molecular weight excluding hydrogens is 355 g/mol. The molecule has 0 atom stereocenters. The molecule has 94 valence electrons. The fourth-order valence-electron chi connectivity index (χ4n) is 1.07. The number of hydrogen-bond acceptors (Lipinski definition) is 3. The molecule has 0 spiro atoms. The van der Waals surface area contributed by atoms with E-state index in [9.17, 15) is 13.2 Å². The summed E-state index contributed by atoms with van der Waals surface area (Å²) in [4.78, 5) is 11.3. The molecule has 1 aromatic carbocycles. The molecule has 0 aliphatic carbocycles. The maximum Gasteiger partial charge on any atom is 0.328 e. The number of rotatable bonds is 4. The fraction of sp³-hybridized carbons (Fsp3) is 0.300. The van der Waals surface area contributed by atoms with Crippen molar-refractivity contribution in [2.75, 3.05) is 6.54 Å². The van der Waals surface area contributed by atoms with Crippen LogP contribution < -0.4 is 10.0 Å². The number of benzene rings is 1. The van der Waals surface area contributed by atoms with Gasteiger partial charge in [0, 0.05) is 10.1 Å². The van der Waals surface area contributed by atoms with Gasteiger partial charge in [-0.25, -0.2) is 17.9 Å². The lowest BCUT2D eigenvalue weighted by atomic mass is 10.4. The lowest BCUT2D eigenvalue weighted by Gasteiger charge is -2.07. The lowest BCUT2D eigenvalue weighted by molar-refractivity contribution is 0.246. The first-order chi connectivity index (χ1) is 7.95. The third-order valence-corrected chi connectivity index (χ3v) is 3.95. The number of carbonyl (C=O) groups is 1. The van der Waals surface area contributed by atoms with Crippen molar-refractivity contribution in [2.24, 2.45) is 0 Å². The fourth-order valence-corrected chi connectivity index (χ4v) is 2.36. The average molecular weight is 368 g/mol. The molecule has 2 amide bonds. The van der Waals surface area contributed by atoms with Gasteiger partial charge in [0.25, 0.3) is 10.0 Å². The molecule has 7 heteroatoms. The summed E-state index contributed by atoms with van der Waals surface area (Å²) >= 11 is 2.07. The molecule has 0 aliphatic heterocycles. The van der Waals surface area contributed by atoms with Crippen LogP contribution in [-0.4, -0.2) is 21.0 Å². The van der Waals surface area contributed by atoms with Gasteiger partial charge >= 0.3 is 6.03 Å². The summed E-state index contributed by atoms with van der Waals surface area (Å²) in [5.41, 5.74) is 0. The van der Waals surface area contributed by atoms with Crippen molar-refractivity contribution in [3.8, 4) is 0 Å². The van der Waals surface area contributed by atoms with E-state index >= 15 is 0 Å². The van der Waals surface area contributed by atoms with Crippen molar-refractivity contribution in [1.82, 2.24) is 10.0 Å². The molecule has 0 heterocycles. The smallest absolute Gasteiger partial charge is 0.328 e. The maximum atomic E-state index is 11.7. The highest BCUT2D eigenvalue weighted by molar-refractivity contribution is 14.1. The van der Waals surface area contributed by atoms with E-state index in [-0.39, 0.29) is 4.90 Å². The second kappa shape index (κ2) is 6.20. The van der Waals surface area contributed by atoms with E-state index in [0.717, 1.165) is 9.99 Å². The number of amides is 2. The molecule has 5 nitrogen and oxygen atoms in total. The van der Waals surface area contributed by atoms with Crippen LogP contribution in [0.5, 0.6) is 0 Å². The molecule has 0 unspecified atom stereocenters. The van der Waals surface area contributed by atoms with Crippen molar-refractivity contribution < 1.29 is 13.2 Å². The molecule has 0 bridgehead atoms. The molecule has 0 aliphatic rings. The first-order valence-electron chi connectivity index (χ1n) is 5.02. The predicted molar refractivity (Wildman–Crippen MR) is 73.2 cm³/mol. The summed E-state index contributed by atoms with van der Waals surface area (Å²) in [6.45, 7) is 2.32. The Labute approximate surface area is 114 Å². The van der Waals surface area contributed by atoms with E-state index in [1.54, 1.807) is 12.1 Å². The minimum atomic E-state index is -3.77. The minimum Gasteiger partial charge on any atom is -0.337 e. The number of halogens is 1. The quantitative estimate of drug-likeness (QED) is 0.795. The second-order valence-corrected chi connectivity index (χ2v) is 6.24. The lowest BCUT2D eigenvalue weighted by Crippen LogP contribution is -2.39. The Balaban J connectivity index is 2.75. The van der Waals surface area contributed by atoms with Gasteiger partial charge in [0.1, 0.15) is 0 Å². The highest BCUT2D eigenvalue weighted by atomic mass is 127. The summed E-state index contributed by atoms with van der Waals surface area (Å²) in [5, 5.41) is 2.44. The molecule has 2 N–H and O–H groups in total. The monoisotopic (exact) mass is 368 g/mol. The van der Waals surface area contributed by atoms with Gasteiger partial charge in [0.15, 0.2) is 0 Å². The summed E-state index contributed by atoms with van der Waals surface area (Å²) < 4.78 is 26.4. The molecule has 0 saturated heterocycles. The zero-order valence-corrected chi connectivity index (χ0v) is 12.2. The van der Waals surface area contributed by atoms with Crippen LogP contribution in [0.15, 0.2) is 29.2 Å². The van der Waals surface area contributed by atoms with Gasteiger partial charge in [-0.3, -0.25) is 0 Å². The molecule has 17 heavy (non-hydrogen) atoms. The average Bonchev–Trinajstić information content (AvgIpc) is 2.26. The van der Waals surface area contributed by atoms with Gasteiger partial charge in [-0.15, -0.1) is 0 Å². The normalized spacial score (nSPS) is 10.9. The Morgan fingerprint density at radius 3 is 2.41 bits per heavy atom. The summed E-state index contributed by atoms with van der Waals surface area (Å²) in [6, 6.07) is 5.54. The van der Waals surface area contributed by atoms with Crippen molar-refractivity contribution in [2.45, 2.75) is 18.2 Å². The zero-order chi connectivity index (χ0) is 12.9. The van der Waals surface area contributed by atoms with Gasteiger partial charge in [-0.2, -0.15) is 0 Å². The van der Waals surface area contributed by atoms with Crippen molar-refractivity contribution in [3.63, 3.8) is 0 Å². The van der Waals surface area contributed by atoms with Crippen LogP contribution in [0.1, 0.15) is 13.3 Å². The van der Waals surface area contributed by atoms with Crippen LogP contribution in [0.3, 0.4) is 0 Å². The number of sulfonamides is 1. The summed E-state index contributed by atoms with van der Waals surface area (Å²) in [7, 11) is -3.77. The Kier molecular flexibility index (Phi) is 5.19. The van der Waals surface area contributed by atoms with Crippen LogP contribution in [0.2, 0.25) is 0 Å². The van der Waals surface area contributed by atoms with Gasteiger partial charge in [-0.05, 0) is 53.3 Å². The molecular formula is C10H13IN2O3S. The number of hydrogen-bond donors (Lipinski definition) is 2. The summed E-state index contributed by atoms with van der Waals surface area (Å²) in [6.07, 6.45) is 0.747. The second-order valence-electron chi connectivity index (χ2n) is 3.32. The van der Waals surface area contributed by atoms with Crippen LogP contribution in [0, 0.1) is 3.57 Å². The van der Waals surface area contributed by atoms with Crippen LogP contribution in [0.4, 0.5) is 4.79 Å². The molecule has 1 rings (SSSR count). The van der Waals surface area contributed by atoms with Gasteiger partial charge in [0.05, 0.1) is 4.90 Å². The van der Waals surface area contributed by atoms with Crippen molar-refractivity contribution >= 4 is 38.6 Å². The van der Waals surface area contributed by atoms with Crippen LogP contribution in [-0.2, 0) is 10.0 Å². The molecule has 0 saturated carbocycles. The van der Waals surface area contributed by atoms with Crippen molar-refractivity contribution in [3.05, 3.63) is 27.8 Å². The minimum absolute atomic E-state index is 0.0737. The van der Waals surface area contributed by atoms with Gasteiger partial charge in [-0.1, -0.05) is 6.92 Å². The third-order valence-electron chi connectivity index (χ3n) is 1.89. The van der Waals surface area contributed by atoms with E-state index < -0.39 is 16.1 Å². The Morgan fingerprint density at radius 2 is 1.88 bits per heavy atom. The Bertz CT molecular complexity index is 485. The molecule has 1 aromatic rings. The topological polar surface area (TPSA) is 75.3 Å². The molecule has 0 radical (unpaired) electrons. The Hall–Kier alpha value is -0.830. The van der Waals surface area contributed by atoms with Crippen molar-refractivity contribution in [1.29, 1.82) is 0 Å². The SMILES string of the molecule is CCCNC(=O)NS(=O)(=O)c1ccc(I)cc1. The van der Waals surface area contributed by atoms with Crippen LogP contribution >= 0.6 is 22.6 Å². The highest BCUT2D eigenvalue weighted by Gasteiger charge is 2.16. The first kappa shape index (κ1) is 14.2. The zero-order valence-electron chi connectivity index (χ0n) is 9.23. The van der Waals surface area contributed by atoms with Crippen LogP contribution in [0.25, 0.3) is 0 Å². The Morgan fingerprint density at radius 1 is 1.29 bits per heavy atom. The number of urea groups is 1. The van der Waals surface area contributed by atoms with E-state index in [0.29, 0.717) is 6.54 Å². The predicted octanol–water partition coefficient (Wildman–Crippen LogP) is 1.69. The van der Waals surface area contributed by atoms with E-state index in [4.69, 9.17) is 0 Å². The number of nitrogens with one attached hydrogen (secondary N) is 2. The maximum absolute atomic E-state index is 11.7. The molecule has 0 fully saturated rings. The van der Waals surface area contributed by atoms with E-state index in [1.165, 1.54) is 12.1 Å². The van der Waals surface area contributed by atoms with E-state index in [1.807, 2.05) is 11.6 Å². The van der Waals surface area contributed by atoms with Gasteiger partial charge < -0.3 is 5.32 Å². The summed E-state index contributed by atoms with van der Waals surface area (Å²) in [5.74, 6) is 0. The van der Waals surface area contributed by atoms with Gasteiger partial charge in [0.2, 0.25) is 0 Å². The van der Waals surface area contributed by atoms with E-state index in [2.05, 4.69) is 27.9 Å². The third kappa shape index (κ3) is 4.50. The largest absolute Gasteiger partial charge is 0.337 e. The molecule has 0 aromatic heterocycles. The number of carbonyl (C=O) groups excluding carboxylic acids is 1. The first-order valence-corrected chi connectivity index (χ1v) is 7.58. The standard InChI is InChI=1S/C10H13IN2O3S/c1-2-7-12-10(14)13-17(15,16)9-5-3-8(11)4-6-9/h3-6H,2,7H2,1H3,(H2,12,13,14). The highest BCUT2D eigenvalue weighted by Crippen LogP contribution is 2.11.